The quantitative estimate of drug-likeness (QED) is 0.587. The minimum absolute atomic E-state index is 0.814. The standard InChI is InChI=1S/C10H14O/c1-11-10-6-4-9(5-7-10)8-2-3-8/h4,6-9H,2-3,5H2,1H3. The molecule has 0 amide bonds. The molecule has 1 heteroatoms. The molecule has 11 heavy (non-hydrogen) atoms. The van der Waals surface area contributed by atoms with Crippen LogP contribution in [0.2, 0.25) is 0 Å². The maximum Gasteiger partial charge on any atom is 0.114 e. The van der Waals surface area contributed by atoms with Crippen LogP contribution in [0.25, 0.3) is 0 Å². The van der Waals surface area contributed by atoms with Gasteiger partial charge in [-0.1, -0.05) is 6.08 Å². The second-order valence-electron chi connectivity index (χ2n) is 3.41. The minimum Gasteiger partial charge on any atom is -0.497 e. The summed E-state index contributed by atoms with van der Waals surface area (Å²) in [7, 11) is 1.73. The van der Waals surface area contributed by atoms with Crippen molar-refractivity contribution in [3.63, 3.8) is 0 Å². The third-order valence-electron chi connectivity index (χ3n) is 2.56. The molecule has 0 bridgehead atoms. The number of rotatable bonds is 2. The van der Waals surface area contributed by atoms with Gasteiger partial charge in [0.25, 0.3) is 0 Å². The van der Waals surface area contributed by atoms with E-state index in [-0.39, 0.29) is 0 Å². The van der Waals surface area contributed by atoms with Gasteiger partial charge in [-0.2, -0.15) is 0 Å². The zero-order valence-corrected chi connectivity index (χ0v) is 6.92. The van der Waals surface area contributed by atoms with E-state index in [0.717, 1.165) is 17.6 Å². The molecular formula is C10H14O. The lowest BCUT2D eigenvalue weighted by molar-refractivity contribution is 0.300. The van der Waals surface area contributed by atoms with Crippen molar-refractivity contribution in [2.45, 2.75) is 19.3 Å². The van der Waals surface area contributed by atoms with Crippen molar-refractivity contribution < 1.29 is 4.74 Å². The molecule has 0 aliphatic heterocycles. The molecule has 0 aromatic carbocycles. The first kappa shape index (κ1) is 6.96. The van der Waals surface area contributed by atoms with Crippen LogP contribution >= 0.6 is 0 Å². The highest BCUT2D eigenvalue weighted by molar-refractivity contribution is 5.19. The summed E-state index contributed by atoms with van der Waals surface area (Å²) in [6.45, 7) is 0. The summed E-state index contributed by atoms with van der Waals surface area (Å²) in [6, 6.07) is 0. The van der Waals surface area contributed by atoms with E-state index in [4.69, 9.17) is 4.74 Å². The first-order valence-electron chi connectivity index (χ1n) is 4.32. The van der Waals surface area contributed by atoms with Crippen LogP contribution in [-0.2, 0) is 4.74 Å². The largest absolute Gasteiger partial charge is 0.497 e. The summed E-state index contributed by atoms with van der Waals surface area (Å²) in [5, 5.41) is 0. The molecule has 2 aliphatic rings. The number of hydrogen-bond donors (Lipinski definition) is 0. The van der Waals surface area contributed by atoms with E-state index in [2.05, 4.69) is 18.2 Å². The van der Waals surface area contributed by atoms with Gasteiger partial charge in [0.1, 0.15) is 5.76 Å². The lowest BCUT2D eigenvalue weighted by Crippen LogP contribution is -2.02. The molecule has 0 spiro atoms. The Morgan fingerprint density at radius 3 is 2.73 bits per heavy atom. The van der Waals surface area contributed by atoms with Gasteiger partial charge in [0, 0.05) is 0 Å². The van der Waals surface area contributed by atoms with Crippen molar-refractivity contribution >= 4 is 0 Å². The van der Waals surface area contributed by atoms with Crippen LogP contribution in [0.4, 0.5) is 0 Å². The van der Waals surface area contributed by atoms with Gasteiger partial charge >= 0.3 is 0 Å². The Bertz CT molecular complexity index is 199. The highest BCUT2D eigenvalue weighted by Gasteiger charge is 2.29. The number of ether oxygens (including phenoxy) is 1. The molecule has 1 atom stereocenters. The van der Waals surface area contributed by atoms with Crippen LogP contribution < -0.4 is 0 Å². The SMILES string of the molecule is COC1=CCC(C2CC2)C=C1. The molecule has 0 N–H and O–H groups in total. The molecular weight excluding hydrogens is 136 g/mol. The maximum atomic E-state index is 5.11. The molecule has 0 aromatic heterocycles. The van der Waals surface area contributed by atoms with Gasteiger partial charge in [0.2, 0.25) is 0 Å². The second-order valence-corrected chi connectivity index (χ2v) is 3.41. The predicted molar refractivity (Wildman–Crippen MR) is 45.1 cm³/mol. The molecule has 2 aliphatic carbocycles. The molecule has 2 rings (SSSR count). The zero-order chi connectivity index (χ0) is 7.68. The Morgan fingerprint density at radius 1 is 1.45 bits per heavy atom. The lowest BCUT2D eigenvalue weighted by Gasteiger charge is -2.13. The van der Waals surface area contributed by atoms with Gasteiger partial charge in [-0.05, 0) is 43.3 Å². The average Bonchev–Trinajstić information content (AvgIpc) is 2.87. The van der Waals surface area contributed by atoms with Crippen molar-refractivity contribution in [2.24, 2.45) is 11.8 Å². The normalized spacial score (nSPS) is 29.9. The Labute approximate surface area is 67.7 Å². The maximum absolute atomic E-state index is 5.11. The first-order chi connectivity index (χ1) is 5.40. The van der Waals surface area contributed by atoms with Crippen LogP contribution in [0, 0.1) is 11.8 Å². The average molecular weight is 150 g/mol. The summed E-state index contributed by atoms with van der Waals surface area (Å²) >= 11 is 0. The van der Waals surface area contributed by atoms with E-state index < -0.39 is 0 Å². The van der Waals surface area contributed by atoms with Gasteiger partial charge in [0.15, 0.2) is 0 Å². The first-order valence-corrected chi connectivity index (χ1v) is 4.32. The van der Waals surface area contributed by atoms with Gasteiger partial charge in [-0.25, -0.2) is 0 Å². The molecule has 1 fully saturated rings. The number of hydrogen-bond acceptors (Lipinski definition) is 1. The van der Waals surface area contributed by atoms with Crippen molar-refractivity contribution in [1.82, 2.24) is 0 Å². The van der Waals surface area contributed by atoms with Crippen LogP contribution in [0.5, 0.6) is 0 Å². The highest BCUT2D eigenvalue weighted by atomic mass is 16.5. The predicted octanol–water partition coefficient (Wildman–Crippen LogP) is 2.50. The van der Waals surface area contributed by atoms with E-state index in [1.54, 1.807) is 7.11 Å². The summed E-state index contributed by atoms with van der Waals surface area (Å²) < 4.78 is 5.11. The van der Waals surface area contributed by atoms with Crippen LogP contribution in [0.15, 0.2) is 24.0 Å². The third-order valence-corrected chi connectivity index (χ3v) is 2.56. The monoisotopic (exact) mass is 150 g/mol. The van der Waals surface area contributed by atoms with Gasteiger partial charge < -0.3 is 4.74 Å². The summed E-state index contributed by atoms with van der Waals surface area (Å²) in [5.74, 6) is 2.83. The number of methoxy groups -OCH3 is 1. The molecule has 60 valence electrons. The number of allylic oxidation sites excluding steroid dienone is 3. The van der Waals surface area contributed by atoms with Crippen molar-refractivity contribution in [2.75, 3.05) is 7.11 Å². The fourth-order valence-corrected chi connectivity index (χ4v) is 1.64. The fourth-order valence-electron chi connectivity index (χ4n) is 1.64. The molecule has 0 saturated heterocycles. The molecule has 1 nitrogen and oxygen atoms in total. The Morgan fingerprint density at radius 2 is 2.27 bits per heavy atom. The van der Waals surface area contributed by atoms with Crippen LogP contribution in [0.1, 0.15) is 19.3 Å². The van der Waals surface area contributed by atoms with Crippen LogP contribution in [-0.4, -0.2) is 7.11 Å². The Balaban J connectivity index is 1.94. The van der Waals surface area contributed by atoms with E-state index >= 15 is 0 Å². The topological polar surface area (TPSA) is 9.23 Å². The molecule has 0 aromatic rings. The summed E-state index contributed by atoms with van der Waals surface area (Å²) in [5.41, 5.74) is 0. The van der Waals surface area contributed by atoms with Gasteiger partial charge in [0.05, 0.1) is 7.11 Å². The van der Waals surface area contributed by atoms with E-state index in [9.17, 15) is 0 Å². The van der Waals surface area contributed by atoms with Crippen molar-refractivity contribution in [3.05, 3.63) is 24.0 Å². The molecule has 0 heterocycles. The van der Waals surface area contributed by atoms with Crippen molar-refractivity contribution in [3.8, 4) is 0 Å². The molecule has 0 radical (unpaired) electrons. The van der Waals surface area contributed by atoms with Crippen molar-refractivity contribution in [1.29, 1.82) is 0 Å². The van der Waals surface area contributed by atoms with Gasteiger partial charge in [-0.15, -0.1) is 0 Å². The Hall–Kier alpha value is -0.720. The zero-order valence-electron chi connectivity index (χ0n) is 6.92. The smallest absolute Gasteiger partial charge is 0.114 e. The molecule has 1 saturated carbocycles. The summed E-state index contributed by atoms with van der Waals surface area (Å²) in [6.07, 6.45) is 10.7. The second kappa shape index (κ2) is 2.72. The van der Waals surface area contributed by atoms with Gasteiger partial charge in [-0.3, -0.25) is 0 Å². The third kappa shape index (κ3) is 1.47. The fraction of sp³-hybridized carbons (Fsp3) is 0.600. The highest BCUT2D eigenvalue weighted by Crippen LogP contribution is 2.40. The van der Waals surface area contributed by atoms with E-state index in [1.807, 2.05) is 0 Å². The van der Waals surface area contributed by atoms with Crippen LogP contribution in [0.3, 0.4) is 0 Å². The van der Waals surface area contributed by atoms with E-state index in [1.165, 1.54) is 19.3 Å². The van der Waals surface area contributed by atoms with E-state index in [0.29, 0.717) is 0 Å². The Kier molecular flexibility index (Phi) is 1.72. The molecule has 1 unspecified atom stereocenters. The lowest BCUT2D eigenvalue weighted by atomic mass is 9.95. The minimum atomic E-state index is 0.814. The summed E-state index contributed by atoms with van der Waals surface area (Å²) in [4.78, 5) is 0.